The summed E-state index contributed by atoms with van der Waals surface area (Å²) in [6.07, 6.45) is 0. The number of carbonyl (C=O) groups excluding carboxylic acids is 1. The molecule has 0 fully saturated rings. The van der Waals surface area contributed by atoms with E-state index >= 15 is 0 Å². The highest BCUT2D eigenvalue weighted by atomic mass is 16.5. The molecule has 0 radical (unpaired) electrons. The van der Waals surface area contributed by atoms with Gasteiger partial charge in [0.15, 0.2) is 0 Å². The van der Waals surface area contributed by atoms with Gasteiger partial charge in [0.2, 0.25) is 11.9 Å². The zero-order valence-corrected chi connectivity index (χ0v) is 17.8. The van der Waals surface area contributed by atoms with Gasteiger partial charge in [-0.05, 0) is 43.3 Å². The largest absolute Gasteiger partial charge is 0.497 e. The number of hydrogen-bond acceptors (Lipinski definition) is 7. The molecule has 166 valence electrons. The second-order valence-electron chi connectivity index (χ2n) is 7.05. The van der Waals surface area contributed by atoms with Crippen molar-refractivity contribution in [1.82, 2.24) is 14.3 Å². The van der Waals surface area contributed by atoms with Crippen LogP contribution in [0.4, 0.5) is 17.3 Å². The standard InChI is InChI=1S/C22H23N5O5/c1-3-32-18-7-5-4-6-17(18)23-19(28)14-27-21(30)20(29)26-13-12-25(22(26)24-27)15-8-10-16(31-2)11-9-15/h4-11H,3,12-14H2,1-2H3,(H,23,28). The van der Waals surface area contributed by atoms with Crippen LogP contribution in [0.5, 0.6) is 11.5 Å². The first-order chi connectivity index (χ1) is 15.5. The van der Waals surface area contributed by atoms with Gasteiger partial charge in [0.25, 0.3) is 0 Å². The van der Waals surface area contributed by atoms with Crippen LogP contribution in [0, 0.1) is 0 Å². The number of hydrogen-bond donors (Lipinski definition) is 1. The third-order valence-corrected chi connectivity index (χ3v) is 5.04. The molecule has 1 amide bonds. The highest BCUT2D eigenvalue weighted by molar-refractivity contribution is 5.92. The number of rotatable bonds is 7. The number of benzene rings is 2. The van der Waals surface area contributed by atoms with Crippen molar-refractivity contribution in [2.24, 2.45) is 0 Å². The summed E-state index contributed by atoms with van der Waals surface area (Å²) in [7, 11) is 1.58. The van der Waals surface area contributed by atoms with Crippen LogP contribution in [-0.4, -0.2) is 40.5 Å². The Hall–Kier alpha value is -4.08. The first kappa shape index (κ1) is 21.2. The number of ether oxygens (including phenoxy) is 2. The van der Waals surface area contributed by atoms with Gasteiger partial charge in [-0.15, -0.1) is 5.10 Å². The van der Waals surface area contributed by atoms with Crippen LogP contribution in [0.2, 0.25) is 0 Å². The summed E-state index contributed by atoms with van der Waals surface area (Å²) in [6.45, 7) is 2.69. The van der Waals surface area contributed by atoms with Crippen molar-refractivity contribution < 1.29 is 14.3 Å². The van der Waals surface area contributed by atoms with Crippen molar-refractivity contribution in [3.63, 3.8) is 0 Å². The van der Waals surface area contributed by atoms with E-state index in [-0.39, 0.29) is 0 Å². The Morgan fingerprint density at radius 3 is 2.53 bits per heavy atom. The zero-order valence-electron chi connectivity index (χ0n) is 17.8. The third-order valence-electron chi connectivity index (χ3n) is 5.04. The van der Waals surface area contributed by atoms with E-state index in [2.05, 4.69) is 10.4 Å². The summed E-state index contributed by atoms with van der Waals surface area (Å²) in [5.74, 6) is 1.03. The Morgan fingerprint density at radius 2 is 1.81 bits per heavy atom. The lowest BCUT2D eigenvalue weighted by Crippen LogP contribution is -2.44. The van der Waals surface area contributed by atoms with E-state index in [1.165, 1.54) is 4.57 Å². The van der Waals surface area contributed by atoms with Crippen LogP contribution < -0.4 is 30.8 Å². The Bertz CT molecular complexity index is 1250. The molecule has 2 heterocycles. The fraction of sp³-hybridized carbons (Fsp3) is 0.273. The molecule has 0 aliphatic carbocycles. The molecule has 2 aromatic carbocycles. The predicted octanol–water partition coefficient (Wildman–Crippen LogP) is 1.60. The minimum Gasteiger partial charge on any atom is -0.497 e. The number of fused-ring (bicyclic) bond motifs is 1. The summed E-state index contributed by atoms with van der Waals surface area (Å²) >= 11 is 0. The van der Waals surface area contributed by atoms with Crippen LogP contribution in [0.3, 0.4) is 0 Å². The fourth-order valence-corrected chi connectivity index (χ4v) is 3.52. The maximum atomic E-state index is 12.6. The second kappa shape index (κ2) is 8.96. The Labute approximate surface area is 183 Å². The maximum absolute atomic E-state index is 12.6. The first-order valence-electron chi connectivity index (χ1n) is 10.2. The molecular weight excluding hydrogens is 414 g/mol. The molecule has 4 rings (SSSR count). The summed E-state index contributed by atoms with van der Waals surface area (Å²) in [6, 6.07) is 14.3. The molecule has 0 spiro atoms. The SMILES string of the molecule is CCOc1ccccc1NC(=O)Cn1nc2n(c(=O)c1=O)CCN2c1ccc(OC)cc1. The van der Waals surface area contributed by atoms with Crippen LogP contribution in [0.25, 0.3) is 0 Å². The highest BCUT2D eigenvalue weighted by Crippen LogP contribution is 2.28. The summed E-state index contributed by atoms with van der Waals surface area (Å²) < 4.78 is 12.9. The molecule has 10 nitrogen and oxygen atoms in total. The van der Waals surface area contributed by atoms with Crippen molar-refractivity contribution in [3.8, 4) is 11.5 Å². The van der Waals surface area contributed by atoms with E-state index in [9.17, 15) is 14.4 Å². The van der Waals surface area contributed by atoms with Crippen LogP contribution in [0.15, 0.2) is 58.1 Å². The van der Waals surface area contributed by atoms with E-state index in [0.717, 1.165) is 10.4 Å². The lowest BCUT2D eigenvalue weighted by Gasteiger charge is -2.18. The van der Waals surface area contributed by atoms with E-state index in [4.69, 9.17) is 9.47 Å². The van der Waals surface area contributed by atoms with Gasteiger partial charge in [-0.3, -0.25) is 19.0 Å². The second-order valence-corrected chi connectivity index (χ2v) is 7.05. The summed E-state index contributed by atoms with van der Waals surface area (Å²) in [5.41, 5.74) is -0.290. The third kappa shape index (κ3) is 4.07. The summed E-state index contributed by atoms with van der Waals surface area (Å²) in [5, 5.41) is 7.04. The maximum Gasteiger partial charge on any atom is 0.333 e. The molecule has 1 aliphatic heterocycles. The van der Waals surface area contributed by atoms with Gasteiger partial charge >= 0.3 is 11.1 Å². The molecule has 0 saturated carbocycles. The molecular formula is C22H23N5O5. The average Bonchev–Trinajstić information content (AvgIpc) is 3.22. The normalized spacial score (nSPS) is 12.4. The highest BCUT2D eigenvalue weighted by Gasteiger charge is 2.26. The number of carbonyl (C=O) groups is 1. The van der Waals surface area contributed by atoms with Crippen molar-refractivity contribution in [2.75, 3.05) is 30.5 Å². The average molecular weight is 437 g/mol. The number of amides is 1. The lowest BCUT2D eigenvalue weighted by molar-refractivity contribution is -0.117. The van der Waals surface area contributed by atoms with Crippen LogP contribution >= 0.6 is 0 Å². The number of aromatic nitrogens is 3. The van der Waals surface area contributed by atoms with Gasteiger partial charge in [-0.25, -0.2) is 4.68 Å². The minimum absolute atomic E-state index is 0.308. The topological polar surface area (TPSA) is 108 Å². The number of para-hydroxylation sites is 2. The Kier molecular flexibility index (Phi) is 5.93. The molecule has 1 N–H and O–H groups in total. The molecule has 1 aromatic heterocycles. The monoisotopic (exact) mass is 437 g/mol. The van der Waals surface area contributed by atoms with Crippen LogP contribution in [0.1, 0.15) is 6.92 Å². The van der Waals surface area contributed by atoms with E-state index in [1.54, 1.807) is 43.5 Å². The van der Waals surface area contributed by atoms with E-state index in [0.29, 0.717) is 42.8 Å². The van der Waals surface area contributed by atoms with E-state index < -0.39 is 23.6 Å². The number of nitrogens with zero attached hydrogens (tertiary/aromatic N) is 4. The lowest BCUT2D eigenvalue weighted by atomic mass is 10.3. The molecule has 0 saturated heterocycles. The molecule has 3 aromatic rings. The van der Waals surface area contributed by atoms with Gasteiger partial charge in [-0.2, -0.15) is 0 Å². The zero-order chi connectivity index (χ0) is 22.7. The fourth-order valence-electron chi connectivity index (χ4n) is 3.52. The van der Waals surface area contributed by atoms with E-state index in [1.807, 2.05) is 24.0 Å². The number of anilines is 3. The Morgan fingerprint density at radius 1 is 1.06 bits per heavy atom. The van der Waals surface area contributed by atoms with Gasteiger partial charge in [-0.1, -0.05) is 12.1 Å². The first-order valence-corrected chi connectivity index (χ1v) is 10.2. The van der Waals surface area contributed by atoms with Gasteiger partial charge < -0.3 is 19.7 Å². The molecule has 10 heteroatoms. The Balaban J connectivity index is 1.61. The van der Waals surface area contributed by atoms with Gasteiger partial charge in [0, 0.05) is 18.8 Å². The minimum atomic E-state index is -0.849. The van der Waals surface area contributed by atoms with Crippen molar-refractivity contribution in [2.45, 2.75) is 20.0 Å². The molecule has 1 aliphatic rings. The molecule has 0 atom stereocenters. The predicted molar refractivity (Wildman–Crippen MR) is 119 cm³/mol. The quantitative estimate of drug-likeness (QED) is 0.560. The van der Waals surface area contributed by atoms with Crippen molar-refractivity contribution in [1.29, 1.82) is 0 Å². The van der Waals surface area contributed by atoms with Crippen LogP contribution in [-0.2, 0) is 17.9 Å². The van der Waals surface area contributed by atoms with Gasteiger partial charge in [0.1, 0.15) is 18.0 Å². The molecule has 32 heavy (non-hydrogen) atoms. The number of nitrogens with one attached hydrogen (secondary N) is 1. The van der Waals surface area contributed by atoms with Crippen molar-refractivity contribution in [3.05, 3.63) is 69.2 Å². The smallest absolute Gasteiger partial charge is 0.333 e. The molecule has 0 bridgehead atoms. The van der Waals surface area contributed by atoms with Gasteiger partial charge in [0.05, 0.1) is 19.4 Å². The summed E-state index contributed by atoms with van der Waals surface area (Å²) in [4.78, 5) is 39.6. The molecule has 0 unspecified atom stereocenters. The number of methoxy groups -OCH3 is 1. The van der Waals surface area contributed by atoms with Crippen molar-refractivity contribution >= 4 is 23.2 Å².